The fraction of sp³-hybridized carbons (Fsp3) is 0.118. The number of thiazole rings is 1. The summed E-state index contributed by atoms with van der Waals surface area (Å²) in [7, 11) is 0. The predicted molar refractivity (Wildman–Crippen MR) is 88.3 cm³/mol. The van der Waals surface area contributed by atoms with Crippen molar-refractivity contribution in [1.82, 2.24) is 15.3 Å². The van der Waals surface area contributed by atoms with Crippen LogP contribution in [0.1, 0.15) is 21.6 Å². The van der Waals surface area contributed by atoms with Crippen LogP contribution in [0.4, 0.5) is 0 Å². The lowest BCUT2D eigenvalue weighted by Gasteiger charge is -2.08. The number of hydrogen-bond acceptors (Lipinski definition) is 5. The number of benzene rings is 1. The summed E-state index contributed by atoms with van der Waals surface area (Å²) in [5.74, 6) is 0.500. The van der Waals surface area contributed by atoms with Gasteiger partial charge in [0.05, 0.1) is 11.2 Å². The first-order valence-corrected chi connectivity index (χ1v) is 8.02. The molecule has 2 heterocycles. The first kappa shape index (κ1) is 15.2. The Kier molecular flexibility index (Phi) is 4.95. The average Bonchev–Trinajstić information content (AvgIpc) is 3.12. The van der Waals surface area contributed by atoms with Crippen LogP contribution in [0.2, 0.25) is 0 Å². The number of carbonyl (C=O) groups excluding carboxylic acids is 1. The third-order valence-electron chi connectivity index (χ3n) is 3.14. The van der Waals surface area contributed by atoms with Gasteiger partial charge in [0.2, 0.25) is 0 Å². The molecule has 0 radical (unpaired) electrons. The summed E-state index contributed by atoms with van der Waals surface area (Å²) >= 11 is 1.53. The first-order valence-electron chi connectivity index (χ1n) is 7.08. The molecule has 0 bridgehead atoms. The Labute approximate surface area is 138 Å². The second-order valence-corrected chi connectivity index (χ2v) is 5.56. The first-order chi connectivity index (χ1) is 11.3. The molecule has 0 fully saturated rings. The summed E-state index contributed by atoms with van der Waals surface area (Å²) in [6.45, 7) is 0.834. The number of carbonyl (C=O) groups is 1. The molecule has 1 amide bonds. The van der Waals surface area contributed by atoms with Crippen molar-refractivity contribution >= 4 is 17.2 Å². The summed E-state index contributed by atoms with van der Waals surface area (Å²) in [4.78, 5) is 20.4. The molecular formula is C17H15N3O2S. The lowest BCUT2D eigenvalue weighted by Crippen LogP contribution is -2.22. The molecule has 0 spiro atoms. The summed E-state index contributed by atoms with van der Waals surface area (Å²) in [5.41, 5.74) is 4.16. The van der Waals surface area contributed by atoms with Crippen LogP contribution in [0.15, 0.2) is 59.7 Å². The molecule has 0 aliphatic carbocycles. The quantitative estimate of drug-likeness (QED) is 0.756. The zero-order chi connectivity index (χ0) is 15.9. The molecule has 5 nitrogen and oxygen atoms in total. The third kappa shape index (κ3) is 4.37. The van der Waals surface area contributed by atoms with Crippen LogP contribution in [0, 0.1) is 0 Å². The Morgan fingerprint density at radius 2 is 2.22 bits per heavy atom. The van der Waals surface area contributed by atoms with Gasteiger partial charge in [0, 0.05) is 29.9 Å². The van der Waals surface area contributed by atoms with E-state index in [1.165, 1.54) is 11.3 Å². The van der Waals surface area contributed by atoms with Gasteiger partial charge in [-0.25, -0.2) is 4.98 Å². The smallest absolute Gasteiger partial charge is 0.251 e. The summed E-state index contributed by atoms with van der Waals surface area (Å²) in [5, 5.41) is 4.80. The summed E-state index contributed by atoms with van der Waals surface area (Å²) in [6.07, 6.45) is 3.43. The van der Waals surface area contributed by atoms with E-state index in [2.05, 4.69) is 15.3 Å². The van der Waals surface area contributed by atoms with Gasteiger partial charge in [-0.05, 0) is 29.8 Å². The maximum absolute atomic E-state index is 12.2. The second kappa shape index (κ2) is 7.51. The molecule has 6 heteroatoms. The van der Waals surface area contributed by atoms with Crippen LogP contribution in [0.25, 0.3) is 0 Å². The molecule has 23 heavy (non-hydrogen) atoms. The van der Waals surface area contributed by atoms with Crippen molar-refractivity contribution in [3.8, 4) is 5.75 Å². The molecule has 0 aliphatic heterocycles. The number of hydrogen-bond donors (Lipinski definition) is 1. The van der Waals surface area contributed by atoms with E-state index in [9.17, 15) is 4.79 Å². The van der Waals surface area contributed by atoms with Crippen LogP contribution in [-0.4, -0.2) is 15.9 Å². The van der Waals surface area contributed by atoms with Gasteiger partial charge in [0.25, 0.3) is 5.91 Å². The molecule has 3 aromatic rings. The van der Waals surface area contributed by atoms with Crippen LogP contribution in [0.3, 0.4) is 0 Å². The number of amides is 1. The van der Waals surface area contributed by atoms with E-state index in [1.54, 1.807) is 36.1 Å². The molecule has 0 saturated heterocycles. The van der Waals surface area contributed by atoms with Gasteiger partial charge in [-0.15, -0.1) is 11.3 Å². The highest BCUT2D eigenvalue weighted by atomic mass is 32.1. The van der Waals surface area contributed by atoms with Gasteiger partial charge >= 0.3 is 0 Å². The molecule has 1 aromatic carbocycles. The van der Waals surface area contributed by atoms with Crippen molar-refractivity contribution in [1.29, 1.82) is 0 Å². The highest BCUT2D eigenvalue weighted by Gasteiger charge is 2.07. The molecule has 0 saturated carbocycles. The van der Waals surface area contributed by atoms with Crippen LogP contribution in [0.5, 0.6) is 5.75 Å². The minimum Gasteiger partial charge on any atom is -0.487 e. The average molecular weight is 325 g/mol. The zero-order valence-electron chi connectivity index (χ0n) is 12.3. The van der Waals surface area contributed by atoms with Crippen molar-refractivity contribution in [2.24, 2.45) is 0 Å². The van der Waals surface area contributed by atoms with E-state index in [0.717, 1.165) is 11.3 Å². The van der Waals surface area contributed by atoms with Gasteiger partial charge in [0.1, 0.15) is 12.4 Å². The molecule has 3 rings (SSSR count). The van der Waals surface area contributed by atoms with Crippen molar-refractivity contribution in [3.63, 3.8) is 0 Å². The lowest BCUT2D eigenvalue weighted by atomic mass is 10.2. The minimum absolute atomic E-state index is 0.145. The molecule has 116 valence electrons. The Bertz CT molecular complexity index is 761. The molecule has 0 unspecified atom stereocenters. The summed E-state index contributed by atoms with van der Waals surface area (Å²) < 4.78 is 5.66. The maximum atomic E-state index is 12.2. The predicted octanol–water partition coefficient (Wildman–Crippen LogP) is 3.05. The summed E-state index contributed by atoms with van der Waals surface area (Å²) in [6, 6.07) is 10.9. The number of rotatable bonds is 6. The van der Waals surface area contributed by atoms with E-state index < -0.39 is 0 Å². The van der Waals surface area contributed by atoms with Crippen molar-refractivity contribution in [3.05, 3.63) is 76.5 Å². The lowest BCUT2D eigenvalue weighted by molar-refractivity contribution is 0.0950. The molecule has 0 atom stereocenters. The van der Waals surface area contributed by atoms with E-state index in [4.69, 9.17) is 4.74 Å². The SMILES string of the molecule is O=C(NCc1cccnc1)c1cccc(OCc2cscn2)c1. The van der Waals surface area contributed by atoms with Crippen LogP contribution in [-0.2, 0) is 13.2 Å². The maximum Gasteiger partial charge on any atom is 0.251 e. The Morgan fingerprint density at radius 1 is 1.26 bits per heavy atom. The van der Waals surface area contributed by atoms with Crippen LogP contribution < -0.4 is 10.1 Å². The molecular weight excluding hydrogens is 310 g/mol. The monoisotopic (exact) mass is 325 g/mol. The molecule has 2 aromatic heterocycles. The fourth-order valence-corrected chi connectivity index (χ4v) is 2.52. The number of nitrogens with one attached hydrogen (secondary N) is 1. The molecule has 0 aliphatic rings. The normalized spacial score (nSPS) is 10.3. The van der Waals surface area contributed by atoms with Crippen molar-refractivity contribution < 1.29 is 9.53 Å². The number of pyridine rings is 1. The largest absolute Gasteiger partial charge is 0.487 e. The highest BCUT2D eigenvalue weighted by Crippen LogP contribution is 2.15. The Balaban J connectivity index is 1.58. The van der Waals surface area contributed by atoms with Gasteiger partial charge < -0.3 is 10.1 Å². The molecule has 1 N–H and O–H groups in total. The fourth-order valence-electron chi connectivity index (χ4n) is 1.98. The minimum atomic E-state index is -0.145. The second-order valence-electron chi connectivity index (χ2n) is 4.84. The van der Waals surface area contributed by atoms with Crippen molar-refractivity contribution in [2.75, 3.05) is 0 Å². The third-order valence-corrected chi connectivity index (χ3v) is 3.78. The van der Waals surface area contributed by atoms with E-state index in [1.807, 2.05) is 23.6 Å². The van der Waals surface area contributed by atoms with Crippen LogP contribution >= 0.6 is 11.3 Å². The van der Waals surface area contributed by atoms with Crippen molar-refractivity contribution in [2.45, 2.75) is 13.2 Å². The van der Waals surface area contributed by atoms with E-state index in [0.29, 0.717) is 24.5 Å². The number of nitrogens with zero attached hydrogens (tertiary/aromatic N) is 2. The standard InChI is InChI=1S/C17H15N3O2S/c21-17(19-9-13-3-2-6-18-8-13)14-4-1-5-16(7-14)22-10-15-11-23-12-20-15/h1-8,11-12H,9-10H2,(H,19,21). The zero-order valence-corrected chi connectivity index (χ0v) is 13.1. The topological polar surface area (TPSA) is 64.1 Å². The highest BCUT2D eigenvalue weighted by molar-refractivity contribution is 7.07. The van der Waals surface area contributed by atoms with Gasteiger partial charge in [-0.1, -0.05) is 12.1 Å². The van der Waals surface area contributed by atoms with E-state index in [-0.39, 0.29) is 5.91 Å². The number of ether oxygens (including phenoxy) is 1. The number of aromatic nitrogens is 2. The van der Waals surface area contributed by atoms with Gasteiger partial charge in [-0.2, -0.15) is 0 Å². The van der Waals surface area contributed by atoms with Gasteiger partial charge in [0.15, 0.2) is 0 Å². The Morgan fingerprint density at radius 3 is 3.00 bits per heavy atom. The Hall–Kier alpha value is -2.73. The van der Waals surface area contributed by atoms with E-state index >= 15 is 0 Å². The van der Waals surface area contributed by atoms with Gasteiger partial charge in [-0.3, -0.25) is 9.78 Å².